The van der Waals surface area contributed by atoms with Crippen LogP contribution in [0.5, 0.6) is 0 Å². The van der Waals surface area contributed by atoms with Gasteiger partial charge in [-0.15, -0.1) is 0 Å². The van der Waals surface area contributed by atoms with E-state index in [0.29, 0.717) is 12.3 Å². The molecule has 0 saturated carbocycles. The number of ether oxygens (including phenoxy) is 1. The molecule has 0 spiro atoms. The predicted octanol–water partition coefficient (Wildman–Crippen LogP) is 3.43. The zero-order valence-corrected chi connectivity index (χ0v) is 13.4. The second-order valence-corrected chi connectivity index (χ2v) is 5.38. The maximum Gasteiger partial charge on any atom is 0.416 e. The third-order valence-corrected chi connectivity index (χ3v) is 3.34. The van der Waals surface area contributed by atoms with Crippen molar-refractivity contribution in [3.05, 3.63) is 41.1 Å². The molecule has 24 heavy (non-hydrogen) atoms. The van der Waals surface area contributed by atoms with Gasteiger partial charge in [-0.1, -0.05) is 17.3 Å². The van der Waals surface area contributed by atoms with Gasteiger partial charge >= 0.3 is 6.18 Å². The fraction of sp³-hybridized carbons (Fsp3) is 0.375. The van der Waals surface area contributed by atoms with Crippen molar-refractivity contribution < 1.29 is 27.2 Å². The van der Waals surface area contributed by atoms with Crippen molar-refractivity contribution in [1.82, 2.24) is 10.5 Å². The van der Waals surface area contributed by atoms with Gasteiger partial charge in [-0.2, -0.15) is 13.2 Å². The standard InChI is InChI=1S/C16H17F3N2O3/c1-9(8-23-3)20-15(22)13-10(2)21-24-14(13)11-5-4-6-12(7-11)16(17,18)19/h4-7,9H,8H2,1-3H3,(H,20,22). The number of amides is 1. The largest absolute Gasteiger partial charge is 0.416 e. The Morgan fingerprint density at radius 1 is 1.42 bits per heavy atom. The zero-order valence-electron chi connectivity index (χ0n) is 13.4. The maximum absolute atomic E-state index is 12.9. The molecule has 0 radical (unpaired) electrons. The Morgan fingerprint density at radius 3 is 2.75 bits per heavy atom. The Kier molecular flexibility index (Phi) is 5.28. The van der Waals surface area contributed by atoms with Crippen LogP contribution in [0.3, 0.4) is 0 Å². The van der Waals surface area contributed by atoms with Crippen molar-refractivity contribution in [3.8, 4) is 11.3 Å². The van der Waals surface area contributed by atoms with Gasteiger partial charge in [0.15, 0.2) is 5.76 Å². The molecule has 2 aromatic rings. The molecular weight excluding hydrogens is 325 g/mol. The number of methoxy groups -OCH3 is 1. The number of carbonyl (C=O) groups is 1. The van der Waals surface area contributed by atoms with Crippen molar-refractivity contribution in [2.24, 2.45) is 0 Å². The minimum atomic E-state index is -4.49. The van der Waals surface area contributed by atoms with E-state index in [1.807, 2.05) is 0 Å². The monoisotopic (exact) mass is 342 g/mol. The number of hydrogen-bond donors (Lipinski definition) is 1. The summed E-state index contributed by atoms with van der Waals surface area (Å²) >= 11 is 0. The van der Waals surface area contributed by atoms with E-state index in [1.54, 1.807) is 13.8 Å². The molecule has 0 aliphatic heterocycles. The van der Waals surface area contributed by atoms with Gasteiger partial charge in [0, 0.05) is 18.7 Å². The number of aryl methyl sites for hydroxylation is 1. The summed E-state index contributed by atoms with van der Waals surface area (Å²) in [5, 5.41) is 6.40. The van der Waals surface area contributed by atoms with E-state index >= 15 is 0 Å². The molecule has 8 heteroatoms. The Morgan fingerprint density at radius 2 is 2.12 bits per heavy atom. The molecular formula is C16H17F3N2O3. The number of alkyl halides is 3. The zero-order chi connectivity index (χ0) is 17.9. The fourth-order valence-electron chi connectivity index (χ4n) is 2.26. The van der Waals surface area contributed by atoms with Crippen LogP contribution in [-0.4, -0.2) is 30.8 Å². The number of rotatable bonds is 5. The van der Waals surface area contributed by atoms with E-state index < -0.39 is 17.6 Å². The average molecular weight is 342 g/mol. The molecule has 0 bridgehead atoms. The molecule has 1 unspecified atom stereocenters. The molecule has 1 atom stereocenters. The number of carbonyl (C=O) groups excluding carboxylic acids is 1. The van der Waals surface area contributed by atoms with Crippen LogP contribution in [0.1, 0.15) is 28.5 Å². The summed E-state index contributed by atoms with van der Waals surface area (Å²) in [4.78, 5) is 12.4. The second kappa shape index (κ2) is 7.04. The van der Waals surface area contributed by atoms with Gasteiger partial charge in [-0.05, 0) is 26.0 Å². The smallest absolute Gasteiger partial charge is 0.383 e. The summed E-state index contributed by atoms with van der Waals surface area (Å²) in [7, 11) is 1.50. The first-order valence-corrected chi connectivity index (χ1v) is 7.17. The van der Waals surface area contributed by atoms with Crippen molar-refractivity contribution in [1.29, 1.82) is 0 Å². The molecule has 130 valence electrons. The molecule has 0 saturated heterocycles. The normalized spacial score (nSPS) is 12.9. The third-order valence-electron chi connectivity index (χ3n) is 3.34. The first-order chi connectivity index (χ1) is 11.2. The minimum Gasteiger partial charge on any atom is -0.383 e. The number of benzene rings is 1. The maximum atomic E-state index is 12.9. The summed E-state index contributed by atoms with van der Waals surface area (Å²) in [5.74, 6) is -0.480. The highest BCUT2D eigenvalue weighted by Gasteiger charge is 2.31. The SMILES string of the molecule is COCC(C)NC(=O)c1c(C)noc1-c1cccc(C(F)(F)F)c1. The minimum absolute atomic E-state index is 0.000664. The van der Waals surface area contributed by atoms with Crippen LogP contribution in [0.2, 0.25) is 0 Å². The number of hydrogen-bond acceptors (Lipinski definition) is 4. The number of nitrogens with one attached hydrogen (secondary N) is 1. The lowest BCUT2D eigenvalue weighted by Gasteiger charge is -2.13. The lowest BCUT2D eigenvalue weighted by Crippen LogP contribution is -2.36. The second-order valence-electron chi connectivity index (χ2n) is 5.38. The van der Waals surface area contributed by atoms with E-state index in [1.165, 1.54) is 19.2 Å². The predicted molar refractivity (Wildman–Crippen MR) is 80.5 cm³/mol. The van der Waals surface area contributed by atoms with Crippen molar-refractivity contribution in [3.63, 3.8) is 0 Å². The molecule has 1 amide bonds. The van der Waals surface area contributed by atoms with Crippen molar-refractivity contribution in [2.45, 2.75) is 26.1 Å². The van der Waals surface area contributed by atoms with E-state index in [0.717, 1.165) is 12.1 Å². The van der Waals surface area contributed by atoms with Gasteiger partial charge in [-0.25, -0.2) is 0 Å². The quantitative estimate of drug-likeness (QED) is 0.904. The fourth-order valence-corrected chi connectivity index (χ4v) is 2.26. The molecule has 0 fully saturated rings. The molecule has 0 aliphatic rings. The van der Waals surface area contributed by atoms with Crippen LogP contribution in [0.15, 0.2) is 28.8 Å². The van der Waals surface area contributed by atoms with Crippen LogP contribution in [0.25, 0.3) is 11.3 Å². The van der Waals surface area contributed by atoms with Crippen molar-refractivity contribution in [2.75, 3.05) is 13.7 Å². The molecule has 0 aliphatic carbocycles. The summed E-state index contributed by atoms with van der Waals surface area (Å²) in [6.45, 7) is 3.60. The number of aromatic nitrogens is 1. The highest BCUT2D eigenvalue weighted by Crippen LogP contribution is 2.33. The molecule has 1 N–H and O–H groups in total. The molecule has 5 nitrogen and oxygen atoms in total. The summed E-state index contributed by atoms with van der Waals surface area (Å²) in [6.07, 6.45) is -4.49. The lowest BCUT2D eigenvalue weighted by atomic mass is 10.0. The van der Waals surface area contributed by atoms with Crippen LogP contribution in [-0.2, 0) is 10.9 Å². The Balaban J connectivity index is 2.38. The van der Waals surface area contributed by atoms with E-state index in [-0.39, 0.29) is 22.9 Å². The van der Waals surface area contributed by atoms with Gasteiger partial charge in [0.1, 0.15) is 5.56 Å². The molecule has 1 aromatic carbocycles. The van der Waals surface area contributed by atoms with E-state index in [4.69, 9.17) is 9.26 Å². The van der Waals surface area contributed by atoms with Gasteiger partial charge in [-0.3, -0.25) is 4.79 Å². The van der Waals surface area contributed by atoms with Crippen LogP contribution in [0, 0.1) is 6.92 Å². The number of halogens is 3. The highest BCUT2D eigenvalue weighted by molar-refractivity contribution is 6.00. The van der Waals surface area contributed by atoms with Gasteiger partial charge in [0.2, 0.25) is 0 Å². The molecule has 1 aromatic heterocycles. The third kappa shape index (κ3) is 3.94. The first kappa shape index (κ1) is 18.0. The first-order valence-electron chi connectivity index (χ1n) is 7.17. The summed E-state index contributed by atoms with van der Waals surface area (Å²) < 4.78 is 48.6. The Labute approximate surface area is 136 Å². The van der Waals surface area contributed by atoms with E-state index in [2.05, 4.69) is 10.5 Å². The van der Waals surface area contributed by atoms with Crippen molar-refractivity contribution >= 4 is 5.91 Å². The van der Waals surface area contributed by atoms with Gasteiger partial charge in [0.25, 0.3) is 5.91 Å². The Bertz CT molecular complexity index is 726. The van der Waals surface area contributed by atoms with E-state index in [9.17, 15) is 18.0 Å². The van der Waals surface area contributed by atoms with Gasteiger partial charge < -0.3 is 14.6 Å². The van der Waals surface area contributed by atoms with Crippen LogP contribution < -0.4 is 5.32 Å². The van der Waals surface area contributed by atoms with Crippen LogP contribution >= 0.6 is 0 Å². The lowest BCUT2D eigenvalue weighted by molar-refractivity contribution is -0.137. The van der Waals surface area contributed by atoms with Crippen LogP contribution in [0.4, 0.5) is 13.2 Å². The van der Waals surface area contributed by atoms with Gasteiger partial charge in [0.05, 0.1) is 17.9 Å². The summed E-state index contributed by atoms with van der Waals surface area (Å²) in [5.41, 5.74) is -0.287. The Hall–Kier alpha value is -2.35. The average Bonchev–Trinajstić information content (AvgIpc) is 2.88. The topological polar surface area (TPSA) is 64.4 Å². The molecule has 1 heterocycles. The highest BCUT2D eigenvalue weighted by atomic mass is 19.4. The summed E-state index contributed by atoms with van der Waals surface area (Å²) in [6, 6.07) is 4.30. The molecule has 2 rings (SSSR count). The number of nitrogens with zero attached hydrogens (tertiary/aromatic N) is 1.